The molecule has 0 bridgehead atoms. The molecule has 3 aromatic rings. The van der Waals surface area contributed by atoms with Gasteiger partial charge < -0.3 is 14.9 Å². The molecule has 0 saturated heterocycles. The molecule has 0 amide bonds. The van der Waals surface area contributed by atoms with Crippen molar-refractivity contribution >= 4 is 55.4 Å². The highest BCUT2D eigenvalue weighted by Gasteiger charge is 2.12. The van der Waals surface area contributed by atoms with Gasteiger partial charge in [-0.3, -0.25) is 10.3 Å². The lowest BCUT2D eigenvalue weighted by Crippen LogP contribution is -2.15. The first-order chi connectivity index (χ1) is 14.5. The Morgan fingerprint density at radius 3 is 1.90 bits per heavy atom. The average molecular weight is 553 g/mol. The molecular formula is C22H17Br2ClN2O3. The van der Waals surface area contributed by atoms with Crippen molar-refractivity contribution in [3.8, 4) is 11.5 Å². The first kappa shape index (κ1) is 22.4. The minimum Gasteiger partial charge on any atom is -0.455 e. The number of ether oxygens (including phenoxy) is 2. The van der Waals surface area contributed by atoms with Gasteiger partial charge in [0.25, 0.3) is 0 Å². The molecule has 0 heterocycles. The van der Waals surface area contributed by atoms with Gasteiger partial charge in [0, 0.05) is 14.0 Å². The molecule has 154 valence electrons. The lowest BCUT2D eigenvalue weighted by atomic mass is 10.3. The van der Waals surface area contributed by atoms with Crippen LogP contribution in [0, 0.1) is 5.41 Å². The minimum absolute atomic E-state index is 0.0138. The average Bonchev–Trinajstić information content (AvgIpc) is 2.75. The molecule has 0 unspecified atom stereocenters. The molecule has 30 heavy (non-hydrogen) atoms. The Kier molecular flexibility index (Phi) is 8.33. The van der Waals surface area contributed by atoms with Crippen LogP contribution in [0.2, 0.25) is 5.02 Å². The van der Waals surface area contributed by atoms with Crippen LogP contribution in [0.5, 0.6) is 11.5 Å². The molecule has 0 fully saturated rings. The number of benzene rings is 3. The van der Waals surface area contributed by atoms with Gasteiger partial charge in [0.05, 0.1) is 11.9 Å². The van der Waals surface area contributed by atoms with Crippen LogP contribution in [0.1, 0.15) is 0 Å². The summed E-state index contributed by atoms with van der Waals surface area (Å²) in [5.74, 6) is 1.70. The highest BCUT2D eigenvalue weighted by Crippen LogP contribution is 2.23. The van der Waals surface area contributed by atoms with Crippen molar-refractivity contribution in [2.24, 2.45) is 0 Å². The van der Waals surface area contributed by atoms with Crippen molar-refractivity contribution in [3.05, 3.63) is 98.3 Å². The zero-order valence-corrected chi connectivity index (χ0v) is 19.5. The molecule has 0 aliphatic heterocycles. The first-order valence-electron chi connectivity index (χ1n) is 8.77. The number of hydrogen-bond donors (Lipinski definition) is 2. The predicted octanol–water partition coefficient (Wildman–Crippen LogP) is 7.23. The molecule has 0 radical (unpaired) electrons. The van der Waals surface area contributed by atoms with E-state index >= 15 is 0 Å². The van der Waals surface area contributed by atoms with Gasteiger partial charge in [0.15, 0.2) is 11.5 Å². The summed E-state index contributed by atoms with van der Waals surface area (Å²) in [5.41, 5.74) is 3.56. The number of rotatable bonds is 9. The van der Waals surface area contributed by atoms with Crippen LogP contribution < -0.4 is 15.0 Å². The van der Waals surface area contributed by atoms with Crippen LogP contribution in [0.25, 0.3) is 0 Å². The molecule has 0 saturated carbocycles. The first-order valence-corrected chi connectivity index (χ1v) is 10.7. The summed E-state index contributed by atoms with van der Waals surface area (Å²) in [6.45, 7) is 0.0138. The van der Waals surface area contributed by atoms with Gasteiger partial charge >= 0.3 is 0 Å². The highest BCUT2D eigenvalue weighted by atomic mass is 79.9. The SMILES string of the molecule is N=C/C(Oc1ccc(Br)cc1)=C(\CONc1ccc(Cl)cc1)Oc1ccc(Br)cc1. The van der Waals surface area contributed by atoms with Crippen molar-refractivity contribution < 1.29 is 14.3 Å². The van der Waals surface area contributed by atoms with Crippen LogP contribution in [-0.2, 0) is 4.84 Å². The number of allylic oxidation sites excluding steroid dienone is 1. The third-order valence-corrected chi connectivity index (χ3v) is 5.05. The molecule has 8 heteroatoms. The largest absolute Gasteiger partial charge is 0.455 e. The Bertz CT molecular complexity index is 1010. The highest BCUT2D eigenvalue weighted by molar-refractivity contribution is 9.10. The normalized spacial score (nSPS) is 11.4. The van der Waals surface area contributed by atoms with Gasteiger partial charge in [-0.05, 0) is 72.8 Å². The van der Waals surface area contributed by atoms with Gasteiger partial charge in [-0.25, -0.2) is 0 Å². The molecule has 5 nitrogen and oxygen atoms in total. The third kappa shape index (κ3) is 6.88. The Morgan fingerprint density at radius 2 is 1.37 bits per heavy atom. The molecule has 0 spiro atoms. The van der Waals surface area contributed by atoms with Crippen molar-refractivity contribution in [2.45, 2.75) is 0 Å². The van der Waals surface area contributed by atoms with Crippen LogP contribution in [0.15, 0.2) is 93.3 Å². The van der Waals surface area contributed by atoms with E-state index < -0.39 is 0 Å². The monoisotopic (exact) mass is 550 g/mol. The van der Waals surface area contributed by atoms with Crippen LogP contribution in [-0.4, -0.2) is 12.8 Å². The second kappa shape index (κ2) is 11.2. The second-order valence-electron chi connectivity index (χ2n) is 5.94. The van der Waals surface area contributed by atoms with E-state index in [1.807, 2.05) is 24.3 Å². The molecular weight excluding hydrogens is 536 g/mol. The van der Waals surface area contributed by atoms with E-state index in [4.69, 9.17) is 31.3 Å². The molecule has 0 aromatic heterocycles. The fraction of sp³-hybridized carbons (Fsp3) is 0.0455. The summed E-state index contributed by atoms with van der Waals surface area (Å²) < 4.78 is 13.7. The van der Waals surface area contributed by atoms with E-state index in [0.717, 1.165) is 20.8 Å². The van der Waals surface area contributed by atoms with Crippen molar-refractivity contribution in [1.82, 2.24) is 0 Å². The minimum atomic E-state index is 0.0138. The summed E-state index contributed by atoms with van der Waals surface area (Å²) in [4.78, 5) is 5.58. The van der Waals surface area contributed by atoms with E-state index in [1.165, 1.54) is 0 Å². The van der Waals surface area contributed by atoms with E-state index in [0.29, 0.717) is 22.3 Å². The molecule has 0 atom stereocenters. The summed E-state index contributed by atoms with van der Waals surface area (Å²) in [6, 6.07) is 21.7. The smallest absolute Gasteiger partial charge is 0.185 e. The summed E-state index contributed by atoms with van der Waals surface area (Å²) in [5, 5.41) is 8.44. The van der Waals surface area contributed by atoms with E-state index in [2.05, 4.69) is 37.3 Å². The topological polar surface area (TPSA) is 63.6 Å². The van der Waals surface area contributed by atoms with Gasteiger partial charge in [0.2, 0.25) is 0 Å². The summed E-state index contributed by atoms with van der Waals surface area (Å²) in [7, 11) is 0. The molecule has 0 aliphatic carbocycles. The van der Waals surface area contributed by atoms with Crippen LogP contribution in [0.3, 0.4) is 0 Å². The summed E-state index contributed by atoms with van der Waals surface area (Å²) >= 11 is 12.7. The number of anilines is 1. The standard InChI is InChI=1S/C22H17Br2ClN2O3/c23-15-1-9-19(10-2-15)29-21(13-26)22(30-20-11-3-16(24)4-12-20)14-28-27-18-7-5-17(25)6-8-18/h1-13,26-27H,14H2/b22-21-,26-13?. The zero-order valence-electron chi connectivity index (χ0n) is 15.6. The molecule has 2 N–H and O–H groups in total. The lowest BCUT2D eigenvalue weighted by molar-refractivity contribution is 0.178. The fourth-order valence-electron chi connectivity index (χ4n) is 2.30. The van der Waals surface area contributed by atoms with Crippen LogP contribution in [0.4, 0.5) is 5.69 Å². The zero-order chi connectivity index (χ0) is 21.3. The lowest BCUT2D eigenvalue weighted by Gasteiger charge is -2.15. The Morgan fingerprint density at radius 1 is 0.833 bits per heavy atom. The maximum Gasteiger partial charge on any atom is 0.185 e. The van der Waals surface area contributed by atoms with E-state index in [9.17, 15) is 0 Å². The van der Waals surface area contributed by atoms with Gasteiger partial charge in [-0.15, -0.1) is 0 Å². The van der Waals surface area contributed by atoms with Gasteiger partial charge in [-0.2, -0.15) is 0 Å². The molecule has 0 aliphatic rings. The second-order valence-corrected chi connectivity index (χ2v) is 8.21. The summed E-state index contributed by atoms with van der Waals surface area (Å²) in [6.07, 6.45) is 1.09. The fourth-order valence-corrected chi connectivity index (χ4v) is 2.95. The van der Waals surface area contributed by atoms with Gasteiger partial charge in [0.1, 0.15) is 18.1 Å². The Balaban J connectivity index is 1.79. The van der Waals surface area contributed by atoms with Crippen LogP contribution >= 0.6 is 43.5 Å². The number of hydrogen-bond acceptors (Lipinski definition) is 5. The van der Waals surface area contributed by atoms with Gasteiger partial charge in [-0.1, -0.05) is 43.5 Å². The van der Waals surface area contributed by atoms with Crippen molar-refractivity contribution in [3.63, 3.8) is 0 Å². The number of nitrogens with one attached hydrogen (secondary N) is 2. The predicted molar refractivity (Wildman–Crippen MR) is 126 cm³/mol. The van der Waals surface area contributed by atoms with Crippen molar-refractivity contribution in [2.75, 3.05) is 12.1 Å². The number of halogens is 3. The molecule has 3 aromatic carbocycles. The maximum absolute atomic E-state index is 7.81. The Labute approximate surface area is 196 Å². The maximum atomic E-state index is 7.81. The third-order valence-electron chi connectivity index (χ3n) is 3.74. The van der Waals surface area contributed by atoms with Crippen molar-refractivity contribution in [1.29, 1.82) is 5.41 Å². The van der Waals surface area contributed by atoms with E-state index in [-0.39, 0.29) is 12.4 Å². The van der Waals surface area contributed by atoms with E-state index in [1.54, 1.807) is 48.5 Å². The quantitative estimate of drug-likeness (QED) is 0.167. The molecule has 3 rings (SSSR count). The Hall–Kier alpha value is -2.32.